The van der Waals surface area contributed by atoms with Gasteiger partial charge in [-0.2, -0.15) is 0 Å². The maximum absolute atomic E-state index is 11.1. The largest absolute Gasteiger partial charge is 0.384 e. The zero-order valence-corrected chi connectivity index (χ0v) is 17.9. The summed E-state index contributed by atoms with van der Waals surface area (Å²) >= 11 is 0. The Morgan fingerprint density at radius 2 is 1.54 bits per heavy atom. The lowest BCUT2D eigenvalue weighted by Gasteiger charge is -2.13. The minimum Gasteiger partial charge on any atom is -0.384 e. The smallest absolute Gasteiger partial charge is 0.223 e. The van der Waals surface area contributed by atoms with Crippen LogP contribution in [0.25, 0.3) is 0 Å². The summed E-state index contributed by atoms with van der Waals surface area (Å²) < 4.78 is 5.25. The van der Waals surface area contributed by atoms with E-state index in [-0.39, 0.29) is 5.91 Å². The molecule has 1 N–H and O–H groups in total. The van der Waals surface area contributed by atoms with E-state index >= 15 is 0 Å². The molecule has 4 nitrogen and oxygen atoms in total. The van der Waals surface area contributed by atoms with Gasteiger partial charge in [0.15, 0.2) is 0 Å². The Labute approximate surface area is 169 Å². The molecule has 0 unspecified atom stereocenters. The van der Waals surface area contributed by atoms with Crippen LogP contribution in [0.3, 0.4) is 0 Å². The fourth-order valence-electron chi connectivity index (χ4n) is 3.45. The predicted molar refractivity (Wildman–Crippen MR) is 118 cm³/mol. The molecule has 0 bridgehead atoms. The van der Waals surface area contributed by atoms with Gasteiger partial charge in [-0.1, -0.05) is 36.4 Å². The quantitative estimate of drug-likeness (QED) is 0.788. The first-order chi connectivity index (χ1) is 13.4. The molecule has 28 heavy (non-hydrogen) atoms. The van der Waals surface area contributed by atoms with Crippen molar-refractivity contribution in [2.45, 2.75) is 59.7 Å². The third kappa shape index (κ3) is 6.68. The van der Waals surface area contributed by atoms with Crippen molar-refractivity contribution in [3.05, 3.63) is 59.7 Å². The highest BCUT2D eigenvalue weighted by atomic mass is 16.5. The van der Waals surface area contributed by atoms with E-state index in [0.717, 1.165) is 25.2 Å². The summed E-state index contributed by atoms with van der Waals surface area (Å²) in [4.78, 5) is 13.0. The molecule has 0 spiro atoms. The number of fused-ring (bicyclic) bond motifs is 2. The SMILES string of the molecule is CC(=O)N1CCc2ccccc21.CC(C)OC(C)C.c1ccc2c(c1)CCN2. The minimum atomic E-state index is 0.139. The molecule has 0 aromatic heterocycles. The Hall–Kier alpha value is -2.33. The van der Waals surface area contributed by atoms with Crippen LogP contribution < -0.4 is 10.2 Å². The molecular formula is C24H34N2O2. The molecule has 4 heteroatoms. The molecule has 152 valence electrons. The topological polar surface area (TPSA) is 41.6 Å². The van der Waals surface area contributed by atoms with Crippen molar-refractivity contribution in [1.82, 2.24) is 0 Å². The number of rotatable bonds is 2. The number of carbonyl (C=O) groups is 1. The molecule has 4 rings (SSSR count). The zero-order valence-electron chi connectivity index (χ0n) is 17.9. The standard InChI is InChI=1S/C10H11NO.C8H9N.C6H14O/c1-8(12)11-7-6-9-4-2-3-5-10(9)11;1-2-4-8-7(3-1)5-6-9-8;1-5(2)7-6(3)4/h2-5H,6-7H2,1H3;1-4,9H,5-6H2;5-6H,1-4H3. The van der Waals surface area contributed by atoms with Gasteiger partial charge in [0.2, 0.25) is 5.91 Å². The van der Waals surface area contributed by atoms with Crippen molar-refractivity contribution in [3.8, 4) is 0 Å². The molecule has 2 heterocycles. The summed E-state index contributed by atoms with van der Waals surface area (Å²) in [6.45, 7) is 11.7. The van der Waals surface area contributed by atoms with E-state index in [2.05, 4.69) is 35.6 Å². The molecule has 0 radical (unpaired) electrons. The highest BCUT2D eigenvalue weighted by Gasteiger charge is 2.20. The van der Waals surface area contributed by atoms with Gasteiger partial charge in [0.25, 0.3) is 0 Å². The van der Waals surface area contributed by atoms with E-state index in [1.807, 2.05) is 50.8 Å². The fourth-order valence-corrected chi connectivity index (χ4v) is 3.45. The Kier molecular flexibility index (Phi) is 8.52. The van der Waals surface area contributed by atoms with E-state index in [4.69, 9.17) is 4.74 Å². The first kappa shape index (κ1) is 22.0. The zero-order chi connectivity index (χ0) is 20.5. The summed E-state index contributed by atoms with van der Waals surface area (Å²) in [5, 5.41) is 3.30. The van der Waals surface area contributed by atoms with Crippen molar-refractivity contribution >= 4 is 17.3 Å². The van der Waals surface area contributed by atoms with E-state index in [9.17, 15) is 4.79 Å². The molecule has 2 aromatic carbocycles. The molecule has 0 aliphatic carbocycles. The average molecular weight is 383 g/mol. The number of carbonyl (C=O) groups excluding carboxylic acids is 1. The maximum atomic E-state index is 11.1. The van der Waals surface area contributed by atoms with E-state index < -0.39 is 0 Å². The van der Waals surface area contributed by atoms with Crippen LogP contribution in [0.4, 0.5) is 11.4 Å². The third-order valence-corrected chi connectivity index (χ3v) is 4.54. The summed E-state index contributed by atoms with van der Waals surface area (Å²) in [5.41, 5.74) is 5.15. The highest BCUT2D eigenvalue weighted by molar-refractivity contribution is 5.93. The van der Waals surface area contributed by atoms with Crippen LogP contribution >= 0.6 is 0 Å². The number of hydrogen-bond acceptors (Lipinski definition) is 3. The number of benzene rings is 2. The highest BCUT2D eigenvalue weighted by Crippen LogP contribution is 2.27. The van der Waals surface area contributed by atoms with Crippen LogP contribution in [0.2, 0.25) is 0 Å². The van der Waals surface area contributed by atoms with Gasteiger partial charge in [0.05, 0.1) is 12.2 Å². The second-order valence-corrected chi connectivity index (χ2v) is 7.62. The minimum absolute atomic E-state index is 0.139. The number of hydrogen-bond donors (Lipinski definition) is 1. The number of ether oxygens (including phenoxy) is 1. The number of nitrogens with one attached hydrogen (secondary N) is 1. The molecule has 2 aromatic rings. The fraction of sp³-hybridized carbons (Fsp3) is 0.458. The summed E-state index contributed by atoms with van der Waals surface area (Å²) in [5.74, 6) is 0.139. The summed E-state index contributed by atoms with van der Waals surface area (Å²) in [6.07, 6.45) is 2.94. The van der Waals surface area contributed by atoms with Gasteiger partial charge in [-0.15, -0.1) is 0 Å². The van der Waals surface area contributed by atoms with Crippen molar-refractivity contribution in [2.24, 2.45) is 0 Å². The Morgan fingerprint density at radius 3 is 2.11 bits per heavy atom. The first-order valence-corrected chi connectivity index (χ1v) is 10.2. The second kappa shape index (κ2) is 10.9. The van der Waals surface area contributed by atoms with Gasteiger partial charge < -0.3 is 15.0 Å². The Balaban J connectivity index is 0.000000157. The number of anilines is 2. The van der Waals surface area contributed by atoms with Gasteiger partial charge in [0, 0.05) is 31.4 Å². The maximum Gasteiger partial charge on any atom is 0.223 e. The van der Waals surface area contributed by atoms with Crippen LogP contribution in [0.5, 0.6) is 0 Å². The number of para-hydroxylation sites is 2. The van der Waals surface area contributed by atoms with Crippen LogP contribution in [-0.4, -0.2) is 31.2 Å². The van der Waals surface area contributed by atoms with Crippen molar-refractivity contribution in [1.29, 1.82) is 0 Å². The lowest BCUT2D eigenvalue weighted by Crippen LogP contribution is -2.25. The molecule has 0 fully saturated rings. The molecule has 0 saturated carbocycles. The second-order valence-electron chi connectivity index (χ2n) is 7.62. The van der Waals surface area contributed by atoms with Crippen LogP contribution in [-0.2, 0) is 22.4 Å². The number of nitrogens with zero attached hydrogens (tertiary/aromatic N) is 1. The normalized spacial score (nSPS) is 13.8. The van der Waals surface area contributed by atoms with Crippen molar-refractivity contribution in [3.63, 3.8) is 0 Å². The van der Waals surface area contributed by atoms with E-state index in [1.165, 1.54) is 23.2 Å². The van der Waals surface area contributed by atoms with Crippen molar-refractivity contribution in [2.75, 3.05) is 23.3 Å². The average Bonchev–Trinajstić information content (AvgIpc) is 3.28. The Bertz CT molecular complexity index is 727. The monoisotopic (exact) mass is 382 g/mol. The lowest BCUT2D eigenvalue weighted by atomic mass is 10.2. The van der Waals surface area contributed by atoms with Crippen LogP contribution in [0.15, 0.2) is 48.5 Å². The van der Waals surface area contributed by atoms with Crippen LogP contribution in [0, 0.1) is 0 Å². The molecular weight excluding hydrogens is 348 g/mol. The van der Waals surface area contributed by atoms with Gasteiger partial charge in [-0.3, -0.25) is 4.79 Å². The van der Waals surface area contributed by atoms with E-state index in [1.54, 1.807) is 6.92 Å². The molecule has 1 amide bonds. The summed E-state index contributed by atoms with van der Waals surface area (Å²) in [6, 6.07) is 16.5. The van der Waals surface area contributed by atoms with Gasteiger partial charge in [-0.25, -0.2) is 0 Å². The van der Waals surface area contributed by atoms with Crippen molar-refractivity contribution < 1.29 is 9.53 Å². The Morgan fingerprint density at radius 1 is 0.929 bits per heavy atom. The third-order valence-electron chi connectivity index (χ3n) is 4.54. The van der Waals surface area contributed by atoms with E-state index in [0.29, 0.717) is 12.2 Å². The predicted octanol–water partition coefficient (Wildman–Crippen LogP) is 5.07. The van der Waals surface area contributed by atoms with Gasteiger partial charge in [0.1, 0.15) is 0 Å². The van der Waals surface area contributed by atoms with Gasteiger partial charge in [-0.05, 0) is 63.8 Å². The molecule has 0 atom stereocenters. The number of amides is 1. The molecule has 2 aliphatic rings. The van der Waals surface area contributed by atoms with Gasteiger partial charge >= 0.3 is 0 Å². The first-order valence-electron chi connectivity index (χ1n) is 10.2. The lowest BCUT2D eigenvalue weighted by molar-refractivity contribution is -0.116. The molecule has 2 aliphatic heterocycles. The van der Waals surface area contributed by atoms with Crippen LogP contribution in [0.1, 0.15) is 45.7 Å². The summed E-state index contributed by atoms with van der Waals surface area (Å²) in [7, 11) is 0. The molecule has 0 saturated heterocycles.